The van der Waals surface area contributed by atoms with Gasteiger partial charge >= 0.3 is 0 Å². The predicted octanol–water partition coefficient (Wildman–Crippen LogP) is 2.87. The molecule has 1 heteroatoms. The lowest BCUT2D eigenvalue weighted by Crippen LogP contribution is -2.01. The number of terminal acetylenes is 1. The molecule has 1 rings (SSSR count). The van der Waals surface area contributed by atoms with Crippen molar-refractivity contribution in [1.29, 1.82) is 0 Å². The van der Waals surface area contributed by atoms with Gasteiger partial charge in [-0.25, -0.2) is 0 Å². The first-order valence-electron chi connectivity index (χ1n) is 4.53. The van der Waals surface area contributed by atoms with Gasteiger partial charge in [-0.1, -0.05) is 41.8 Å². The Morgan fingerprint density at radius 1 is 1.50 bits per heavy atom. The van der Waals surface area contributed by atoms with Crippen molar-refractivity contribution in [3.8, 4) is 12.3 Å². The van der Waals surface area contributed by atoms with E-state index in [1.807, 2.05) is 31.2 Å². The van der Waals surface area contributed by atoms with Crippen LogP contribution in [0.15, 0.2) is 36.9 Å². The fourth-order valence-corrected chi connectivity index (χ4v) is 1.15. The van der Waals surface area contributed by atoms with Crippen LogP contribution < -0.4 is 0 Å². The summed E-state index contributed by atoms with van der Waals surface area (Å²) in [5.41, 5.74) is 2.23. The predicted molar refractivity (Wildman–Crippen MR) is 58.9 cm³/mol. The van der Waals surface area contributed by atoms with Gasteiger partial charge in [0.2, 0.25) is 0 Å². The first-order valence-corrected chi connectivity index (χ1v) is 4.53. The van der Waals surface area contributed by atoms with Crippen molar-refractivity contribution in [2.24, 2.45) is 0 Å². The van der Waals surface area contributed by atoms with Crippen molar-refractivity contribution >= 4 is 0 Å². The third kappa shape index (κ3) is 2.76. The molecule has 1 nitrogen and oxygen atoms in total. The van der Waals surface area contributed by atoms with Crippen molar-refractivity contribution < 1.29 is 4.74 Å². The highest BCUT2D eigenvalue weighted by atomic mass is 16.5. The van der Waals surface area contributed by atoms with Crippen LogP contribution >= 0.6 is 0 Å². The van der Waals surface area contributed by atoms with Crippen LogP contribution in [0.25, 0.3) is 0 Å². The second-order valence-corrected chi connectivity index (χ2v) is 3.08. The van der Waals surface area contributed by atoms with Gasteiger partial charge < -0.3 is 4.74 Å². The molecule has 0 fully saturated rings. The van der Waals surface area contributed by atoms with Gasteiger partial charge in [0.1, 0.15) is 6.10 Å². The third-order valence-electron chi connectivity index (χ3n) is 1.91. The second kappa shape index (κ2) is 5.26. The summed E-state index contributed by atoms with van der Waals surface area (Å²) in [5.74, 6) is 2.60. The zero-order chi connectivity index (χ0) is 10.4. The molecule has 0 aliphatic carbocycles. The molecule has 0 radical (unpaired) electrons. The third-order valence-corrected chi connectivity index (χ3v) is 1.91. The molecule has 0 saturated carbocycles. The fraction of sp³-hybridized carbons (Fsp3) is 0.231. The number of hydrogen-bond acceptors (Lipinski definition) is 1. The largest absolute Gasteiger partial charge is 0.357 e. The molecule has 1 aromatic rings. The van der Waals surface area contributed by atoms with Crippen LogP contribution in [0.1, 0.15) is 17.2 Å². The Hall–Kier alpha value is -1.52. The van der Waals surface area contributed by atoms with Crippen LogP contribution in [0.5, 0.6) is 0 Å². The molecule has 0 aromatic heterocycles. The molecule has 0 aliphatic heterocycles. The summed E-state index contributed by atoms with van der Waals surface area (Å²) in [7, 11) is 0. The molecule has 72 valence electrons. The zero-order valence-corrected chi connectivity index (χ0v) is 8.36. The van der Waals surface area contributed by atoms with E-state index in [0.29, 0.717) is 6.61 Å². The lowest BCUT2D eigenvalue weighted by atomic mass is 10.1. The monoisotopic (exact) mass is 186 g/mol. The maximum absolute atomic E-state index is 5.41. The maximum Gasteiger partial charge on any atom is 0.143 e. The lowest BCUT2D eigenvalue weighted by molar-refractivity contribution is 0.117. The van der Waals surface area contributed by atoms with E-state index >= 15 is 0 Å². The molecule has 1 aromatic carbocycles. The Bertz CT molecular complexity index is 329. The summed E-state index contributed by atoms with van der Waals surface area (Å²) in [6, 6.07) is 8.03. The summed E-state index contributed by atoms with van der Waals surface area (Å²) in [6.45, 7) is 6.10. The molecular formula is C13H14O. The van der Waals surface area contributed by atoms with Crippen LogP contribution in [-0.4, -0.2) is 6.61 Å². The molecule has 0 aliphatic rings. The molecular weight excluding hydrogens is 172 g/mol. The molecule has 0 saturated heterocycles. The van der Waals surface area contributed by atoms with Crippen LogP contribution in [0, 0.1) is 19.3 Å². The van der Waals surface area contributed by atoms with E-state index < -0.39 is 0 Å². The first-order chi connectivity index (χ1) is 6.77. The summed E-state index contributed by atoms with van der Waals surface area (Å²) < 4.78 is 5.41. The average molecular weight is 186 g/mol. The Morgan fingerprint density at radius 3 is 2.64 bits per heavy atom. The number of rotatable bonds is 4. The van der Waals surface area contributed by atoms with Crippen molar-refractivity contribution in [2.75, 3.05) is 6.61 Å². The van der Waals surface area contributed by atoms with Crippen molar-refractivity contribution in [2.45, 2.75) is 13.0 Å². The summed E-state index contributed by atoms with van der Waals surface area (Å²) in [5, 5.41) is 0. The molecule has 0 N–H and O–H groups in total. The molecule has 1 atom stereocenters. The van der Waals surface area contributed by atoms with Gasteiger partial charge in [0, 0.05) is 0 Å². The van der Waals surface area contributed by atoms with Gasteiger partial charge in [0.05, 0.1) is 6.61 Å². The molecule has 0 spiro atoms. The van der Waals surface area contributed by atoms with Gasteiger partial charge in [0.25, 0.3) is 0 Å². The smallest absolute Gasteiger partial charge is 0.143 e. The maximum atomic E-state index is 5.41. The quantitative estimate of drug-likeness (QED) is 0.519. The van der Waals surface area contributed by atoms with E-state index in [1.165, 1.54) is 5.56 Å². The Labute approximate surface area is 85.4 Å². The van der Waals surface area contributed by atoms with Gasteiger partial charge in [-0.15, -0.1) is 13.0 Å². The van der Waals surface area contributed by atoms with Crippen LogP contribution in [-0.2, 0) is 4.74 Å². The highest BCUT2D eigenvalue weighted by Gasteiger charge is 2.06. The van der Waals surface area contributed by atoms with Crippen molar-refractivity contribution in [3.05, 3.63) is 48.0 Å². The molecule has 0 amide bonds. The lowest BCUT2D eigenvalue weighted by Gasteiger charge is -2.10. The SMILES string of the molecule is C#CC(OCC=C)c1ccc(C)cc1. The molecule has 14 heavy (non-hydrogen) atoms. The topological polar surface area (TPSA) is 9.23 Å². The Balaban J connectivity index is 2.74. The highest BCUT2D eigenvalue weighted by Crippen LogP contribution is 2.16. The van der Waals surface area contributed by atoms with Gasteiger partial charge in [-0.3, -0.25) is 0 Å². The van der Waals surface area contributed by atoms with E-state index in [1.54, 1.807) is 6.08 Å². The van der Waals surface area contributed by atoms with Gasteiger partial charge in [0.15, 0.2) is 0 Å². The van der Waals surface area contributed by atoms with Crippen molar-refractivity contribution in [1.82, 2.24) is 0 Å². The normalized spacial score (nSPS) is 11.7. The number of aryl methyl sites for hydroxylation is 1. The average Bonchev–Trinajstić information content (AvgIpc) is 2.21. The van der Waals surface area contributed by atoms with Crippen molar-refractivity contribution in [3.63, 3.8) is 0 Å². The van der Waals surface area contributed by atoms with E-state index in [4.69, 9.17) is 11.2 Å². The number of ether oxygens (including phenoxy) is 1. The standard InChI is InChI=1S/C13H14O/c1-4-10-14-13(5-2)12-8-6-11(3)7-9-12/h2,4,6-9,13H,1,10H2,3H3. The second-order valence-electron chi connectivity index (χ2n) is 3.08. The molecule has 0 heterocycles. The minimum atomic E-state index is -0.270. The molecule has 0 bridgehead atoms. The van der Waals surface area contributed by atoms with Gasteiger partial charge in [-0.05, 0) is 12.5 Å². The Kier molecular flexibility index (Phi) is 3.97. The van der Waals surface area contributed by atoms with E-state index in [-0.39, 0.29) is 6.10 Å². The fourth-order valence-electron chi connectivity index (χ4n) is 1.15. The molecule has 1 unspecified atom stereocenters. The summed E-state index contributed by atoms with van der Waals surface area (Å²) in [4.78, 5) is 0. The van der Waals surface area contributed by atoms with E-state index in [9.17, 15) is 0 Å². The van der Waals surface area contributed by atoms with E-state index in [2.05, 4.69) is 12.5 Å². The van der Waals surface area contributed by atoms with Crippen LogP contribution in [0.4, 0.5) is 0 Å². The zero-order valence-electron chi connectivity index (χ0n) is 8.36. The number of benzene rings is 1. The van der Waals surface area contributed by atoms with Gasteiger partial charge in [-0.2, -0.15) is 0 Å². The minimum absolute atomic E-state index is 0.270. The first kappa shape index (κ1) is 10.6. The van der Waals surface area contributed by atoms with Crippen LogP contribution in [0.3, 0.4) is 0 Å². The number of hydrogen-bond donors (Lipinski definition) is 0. The van der Waals surface area contributed by atoms with Crippen LogP contribution in [0.2, 0.25) is 0 Å². The minimum Gasteiger partial charge on any atom is -0.357 e. The summed E-state index contributed by atoms with van der Waals surface area (Å²) in [6.07, 6.45) is 6.80. The van der Waals surface area contributed by atoms with E-state index in [0.717, 1.165) is 5.56 Å². The highest BCUT2D eigenvalue weighted by molar-refractivity contribution is 5.27. The Morgan fingerprint density at radius 2 is 2.14 bits per heavy atom. The summed E-state index contributed by atoms with van der Waals surface area (Å²) >= 11 is 0.